The van der Waals surface area contributed by atoms with Crippen LogP contribution in [0.1, 0.15) is 12.8 Å². The first-order valence-corrected chi connectivity index (χ1v) is 11.5. The average molecular weight is 466 g/mol. The third-order valence-electron chi connectivity index (χ3n) is 6.05. The van der Waals surface area contributed by atoms with Crippen LogP contribution in [0.4, 0.5) is 0 Å². The number of ether oxygens (including phenoxy) is 2. The van der Waals surface area contributed by atoms with E-state index < -0.39 is 17.6 Å². The monoisotopic (exact) mass is 465 g/mol. The number of carbonyl (C=O) groups is 2. The maximum absolute atomic E-state index is 12.9. The number of fused-ring (bicyclic) bond motifs is 1. The molecule has 1 saturated carbocycles. The first-order valence-electron chi connectivity index (χ1n) is 10.6. The van der Waals surface area contributed by atoms with Crippen LogP contribution in [0.25, 0.3) is 21.7 Å². The number of methoxy groups -OCH3 is 1. The van der Waals surface area contributed by atoms with Crippen molar-refractivity contribution in [1.82, 2.24) is 25.6 Å². The first-order chi connectivity index (χ1) is 16.0. The number of rotatable bonds is 7. The molecule has 4 heterocycles. The molecule has 2 N–H and O–H groups in total. The molecule has 10 heteroatoms. The van der Waals surface area contributed by atoms with Crippen LogP contribution in [-0.4, -0.2) is 58.2 Å². The Hall–Kier alpha value is -3.37. The molecule has 0 spiro atoms. The Morgan fingerprint density at radius 3 is 2.94 bits per heavy atom. The van der Waals surface area contributed by atoms with Crippen molar-refractivity contribution in [2.24, 2.45) is 5.92 Å². The van der Waals surface area contributed by atoms with Gasteiger partial charge in [0.1, 0.15) is 22.0 Å². The first kappa shape index (κ1) is 21.5. The predicted molar refractivity (Wildman–Crippen MR) is 123 cm³/mol. The quantitative estimate of drug-likeness (QED) is 0.403. The van der Waals surface area contributed by atoms with Gasteiger partial charge in [-0.25, -0.2) is 9.78 Å². The van der Waals surface area contributed by atoms with Crippen LogP contribution in [0, 0.1) is 5.92 Å². The molecule has 0 bridgehead atoms. The smallest absolute Gasteiger partial charge is 0.332 e. The van der Waals surface area contributed by atoms with Crippen LogP contribution in [0.2, 0.25) is 0 Å². The molecule has 1 amide bonds. The van der Waals surface area contributed by atoms with E-state index in [1.807, 2.05) is 29.6 Å². The van der Waals surface area contributed by atoms with E-state index in [1.54, 1.807) is 12.3 Å². The molecule has 5 rings (SSSR count). The second-order valence-electron chi connectivity index (χ2n) is 8.14. The van der Waals surface area contributed by atoms with E-state index in [4.69, 9.17) is 9.47 Å². The molecular formula is C23H23N5O4S. The van der Waals surface area contributed by atoms with Crippen molar-refractivity contribution in [3.05, 3.63) is 48.5 Å². The van der Waals surface area contributed by atoms with Crippen LogP contribution < -0.4 is 15.4 Å². The molecule has 9 nitrogen and oxygen atoms in total. The van der Waals surface area contributed by atoms with E-state index in [1.165, 1.54) is 18.4 Å². The lowest BCUT2D eigenvalue weighted by atomic mass is 10.1. The summed E-state index contributed by atoms with van der Waals surface area (Å²) in [6.45, 7) is 4.21. The fourth-order valence-corrected chi connectivity index (χ4v) is 4.93. The van der Waals surface area contributed by atoms with Crippen molar-refractivity contribution in [1.29, 1.82) is 0 Å². The number of amides is 1. The topological polar surface area (TPSA) is 115 Å². The Kier molecular flexibility index (Phi) is 5.55. The Labute approximate surface area is 194 Å². The van der Waals surface area contributed by atoms with Crippen LogP contribution in [0.15, 0.2) is 48.5 Å². The SMILES string of the molecule is C=C[C@@H]1C[C@]1(NC(=O)[C@@H]1C[C@@H](Oc2nc(-c3ccccn3)nc3ccsc23)CN1)C(=O)OC. The summed E-state index contributed by atoms with van der Waals surface area (Å²) in [7, 11) is 1.32. The summed E-state index contributed by atoms with van der Waals surface area (Å²) < 4.78 is 12.0. The van der Waals surface area contributed by atoms with Gasteiger partial charge in [-0.15, -0.1) is 17.9 Å². The number of thiophene rings is 1. The highest BCUT2D eigenvalue weighted by molar-refractivity contribution is 7.17. The summed E-state index contributed by atoms with van der Waals surface area (Å²) in [5.41, 5.74) is 0.434. The van der Waals surface area contributed by atoms with Crippen molar-refractivity contribution >= 4 is 33.4 Å². The molecule has 3 aromatic heterocycles. The number of hydrogen-bond donors (Lipinski definition) is 2. The molecule has 1 saturated heterocycles. The van der Waals surface area contributed by atoms with Crippen LogP contribution in [-0.2, 0) is 14.3 Å². The van der Waals surface area contributed by atoms with Crippen LogP contribution in [0.3, 0.4) is 0 Å². The summed E-state index contributed by atoms with van der Waals surface area (Å²) in [6, 6.07) is 7.00. The summed E-state index contributed by atoms with van der Waals surface area (Å²) >= 11 is 1.50. The minimum Gasteiger partial charge on any atom is -0.472 e. The van der Waals surface area contributed by atoms with Gasteiger partial charge in [0.05, 0.1) is 18.7 Å². The Bertz CT molecular complexity index is 1220. The van der Waals surface area contributed by atoms with E-state index in [-0.39, 0.29) is 17.9 Å². The molecule has 2 fully saturated rings. The van der Waals surface area contributed by atoms with E-state index in [0.717, 1.165) is 10.2 Å². The molecule has 2 aliphatic rings. The second kappa shape index (κ2) is 8.53. The lowest BCUT2D eigenvalue weighted by molar-refractivity contribution is -0.147. The molecule has 170 valence electrons. The Morgan fingerprint density at radius 1 is 1.33 bits per heavy atom. The highest BCUT2D eigenvalue weighted by Gasteiger charge is 2.61. The zero-order valence-electron chi connectivity index (χ0n) is 18.0. The maximum atomic E-state index is 12.9. The summed E-state index contributed by atoms with van der Waals surface area (Å²) in [5, 5.41) is 7.99. The number of nitrogens with one attached hydrogen (secondary N) is 2. The molecule has 4 atom stereocenters. The second-order valence-corrected chi connectivity index (χ2v) is 9.05. The highest BCUT2D eigenvalue weighted by Crippen LogP contribution is 2.45. The Morgan fingerprint density at radius 2 is 2.21 bits per heavy atom. The third kappa shape index (κ3) is 3.96. The van der Waals surface area contributed by atoms with Gasteiger partial charge in [0, 0.05) is 25.1 Å². The van der Waals surface area contributed by atoms with Gasteiger partial charge in [-0.3, -0.25) is 9.78 Å². The fourth-order valence-electron chi connectivity index (χ4n) is 4.17. The van der Waals surface area contributed by atoms with Gasteiger partial charge < -0.3 is 20.1 Å². The molecular weight excluding hydrogens is 442 g/mol. The highest BCUT2D eigenvalue weighted by atomic mass is 32.1. The molecule has 0 unspecified atom stereocenters. The van der Waals surface area contributed by atoms with E-state index in [9.17, 15) is 9.59 Å². The van der Waals surface area contributed by atoms with Gasteiger partial charge in [0.25, 0.3) is 0 Å². The summed E-state index contributed by atoms with van der Waals surface area (Å²) in [6.07, 6.45) is 4.04. The van der Waals surface area contributed by atoms with Crippen molar-refractivity contribution in [2.45, 2.75) is 30.5 Å². The van der Waals surface area contributed by atoms with E-state index in [0.29, 0.717) is 36.8 Å². The number of pyridine rings is 1. The van der Waals surface area contributed by atoms with Gasteiger partial charge in [0.15, 0.2) is 5.82 Å². The third-order valence-corrected chi connectivity index (χ3v) is 6.94. The van der Waals surface area contributed by atoms with Gasteiger partial charge in [-0.2, -0.15) is 4.98 Å². The predicted octanol–water partition coefficient (Wildman–Crippen LogP) is 2.10. The van der Waals surface area contributed by atoms with Crippen molar-refractivity contribution < 1.29 is 19.1 Å². The normalized spacial score (nSPS) is 26.0. The van der Waals surface area contributed by atoms with Crippen molar-refractivity contribution in [3.8, 4) is 17.4 Å². The van der Waals surface area contributed by atoms with E-state index in [2.05, 4.69) is 32.2 Å². The number of nitrogens with zero attached hydrogens (tertiary/aromatic N) is 3. The van der Waals surface area contributed by atoms with E-state index >= 15 is 0 Å². The molecule has 33 heavy (non-hydrogen) atoms. The molecule has 0 radical (unpaired) electrons. The minimum absolute atomic E-state index is 0.125. The minimum atomic E-state index is -1.01. The van der Waals surface area contributed by atoms with Crippen molar-refractivity contribution in [3.63, 3.8) is 0 Å². The molecule has 1 aliphatic heterocycles. The zero-order valence-corrected chi connectivity index (χ0v) is 18.8. The van der Waals surface area contributed by atoms with Gasteiger partial charge in [0.2, 0.25) is 11.8 Å². The average Bonchev–Trinajstić information content (AvgIpc) is 3.17. The maximum Gasteiger partial charge on any atom is 0.332 e. The van der Waals surface area contributed by atoms with Gasteiger partial charge in [-0.1, -0.05) is 12.1 Å². The largest absolute Gasteiger partial charge is 0.472 e. The number of esters is 1. The van der Waals surface area contributed by atoms with Crippen LogP contribution in [0.5, 0.6) is 5.88 Å². The molecule has 1 aliphatic carbocycles. The van der Waals surface area contributed by atoms with Crippen molar-refractivity contribution in [2.75, 3.05) is 13.7 Å². The summed E-state index contributed by atoms with van der Waals surface area (Å²) in [4.78, 5) is 38.7. The van der Waals surface area contributed by atoms with Gasteiger partial charge in [-0.05, 0) is 30.0 Å². The fraction of sp³-hybridized carbons (Fsp3) is 0.348. The number of hydrogen-bond acceptors (Lipinski definition) is 9. The van der Waals surface area contributed by atoms with Crippen LogP contribution >= 0.6 is 11.3 Å². The number of carbonyl (C=O) groups excluding carboxylic acids is 2. The summed E-state index contributed by atoms with van der Waals surface area (Å²) in [5.74, 6) is 0.133. The molecule has 3 aromatic rings. The standard InChI is InChI=1S/C23H23N5O4S/c1-3-13-11-23(13,22(30)31-2)28-20(29)17-10-14(12-25-17)32-21-18-15(7-9-33-18)26-19(27-21)16-6-4-5-8-24-16/h3-9,13-14,17,25H,1,10-12H2,2H3,(H,28,29)/t13-,14-,17+,23-/m1/s1. The lowest BCUT2D eigenvalue weighted by Crippen LogP contribution is -2.51. The van der Waals surface area contributed by atoms with Gasteiger partial charge >= 0.3 is 5.97 Å². The Balaban J connectivity index is 1.30. The number of aromatic nitrogens is 3. The zero-order chi connectivity index (χ0) is 23.0. The lowest BCUT2D eigenvalue weighted by Gasteiger charge is -2.19. The molecule has 0 aromatic carbocycles.